The zero-order valence-electron chi connectivity index (χ0n) is 9.34. The molecule has 0 radical (unpaired) electrons. The van der Waals surface area contributed by atoms with Gasteiger partial charge in [-0.3, -0.25) is 10.4 Å². The largest absolute Gasteiger partial charge is 0.384 e. The Balaban J connectivity index is 2.40. The van der Waals surface area contributed by atoms with Gasteiger partial charge in [-0.2, -0.15) is 0 Å². The molecular formula is C12H12N4S. The summed E-state index contributed by atoms with van der Waals surface area (Å²) in [5.41, 5.74) is 7.25. The first kappa shape index (κ1) is 11.6. The molecule has 0 amide bonds. The van der Waals surface area contributed by atoms with Gasteiger partial charge in [0.25, 0.3) is 0 Å². The van der Waals surface area contributed by atoms with Crippen LogP contribution in [-0.4, -0.2) is 15.8 Å². The van der Waals surface area contributed by atoms with E-state index in [1.807, 2.05) is 25.1 Å². The average molecular weight is 244 g/mol. The zero-order chi connectivity index (χ0) is 12.3. The summed E-state index contributed by atoms with van der Waals surface area (Å²) >= 11 is 1.48. The summed E-state index contributed by atoms with van der Waals surface area (Å²) in [6, 6.07) is 5.66. The quantitative estimate of drug-likeness (QED) is 0.641. The summed E-state index contributed by atoms with van der Waals surface area (Å²) in [5, 5.41) is 8.35. The van der Waals surface area contributed by atoms with Gasteiger partial charge in [0.05, 0.1) is 5.56 Å². The van der Waals surface area contributed by atoms with Crippen LogP contribution in [-0.2, 0) is 0 Å². The highest BCUT2D eigenvalue weighted by Gasteiger charge is 2.11. The number of hydrogen-bond acceptors (Lipinski definition) is 4. The van der Waals surface area contributed by atoms with Crippen molar-refractivity contribution in [1.82, 2.24) is 9.97 Å². The Labute approximate surface area is 104 Å². The van der Waals surface area contributed by atoms with Crippen LogP contribution in [0.3, 0.4) is 0 Å². The van der Waals surface area contributed by atoms with E-state index >= 15 is 0 Å². The maximum atomic E-state index is 7.59. The lowest BCUT2D eigenvalue weighted by Gasteiger charge is -2.09. The zero-order valence-corrected chi connectivity index (χ0v) is 10.2. The van der Waals surface area contributed by atoms with Crippen LogP contribution >= 0.6 is 11.8 Å². The number of nitrogen functional groups attached to an aromatic ring is 1. The molecule has 0 aliphatic rings. The van der Waals surface area contributed by atoms with E-state index in [2.05, 4.69) is 9.97 Å². The van der Waals surface area contributed by atoms with E-state index < -0.39 is 0 Å². The first-order chi connectivity index (χ1) is 8.18. The molecule has 0 saturated carbocycles. The van der Waals surface area contributed by atoms with Crippen LogP contribution in [0.15, 0.2) is 46.7 Å². The van der Waals surface area contributed by atoms with Crippen molar-refractivity contribution in [2.24, 2.45) is 5.73 Å². The Hall–Kier alpha value is -1.88. The Morgan fingerprint density at radius 3 is 2.59 bits per heavy atom. The molecule has 2 aromatic heterocycles. The van der Waals surface area contributed by atoms with Crippen molar-refractivity contribution in [2.45, 2.75) is 16.8 Å². The molecule has 86 valence electrons. The van der Waals surface area contributed by atoms with Gasteiger partial charge in [-0.1, -0.05) is 11.8 Å². The summed E-state index contributed by atoms with van der Waals surface area (Å²) < 4.78 is 0. The third-order valence-corrected chi connectivity index (χ3v) is 3.27. The van der Waals surface area contributed by atoms with E-state index in [9.17, 15) is 0 Å². The predicted octanol–water partition coefficient (Wildman–Crippen LogP) is 2.22. The highest BCUT2D eigenvalue weighted by molar-refractivity contribution is 7.99. The highest BCUT2D eigenvalue weighted by atomic mass is 32.2. The smallest absolute Gasteiger partial charge is 0.125 e. The van der Waals surface area contributed by atoms with Crippen molar-refractivity contribution in [3.05, 3.63) is 47.9 Å². The molecule has 4 nitrogen and oxygen atoms in total. The third kappa shape index (κ3) is 2.62. The fourth-order valence-corrected chi connectivity index (χ4v) is 2.42. The van der Waals surface area contributed by atoms with Gasteiger partial charge in [0, 0.05) is 23.5 Å². The summed E-state index contributed by atoms with van der Waals surface area (Å²) in [6.07, 6.45) is 5.18. The Kier molecular flexibility index (Phi) is 3.39. The Morgan fingerprint density at radius 1 is 1.24 bits per heavy atom. The molecule has 17 heavy (non-hydrogen) atoms. The monoisotopic (exact) mass is 244 g/mol. The first-order valence-corrected chi connectivity index (χ1v) is 5.88. The highest BCUT2D eigenvalue weighted by Crippen LogP contribution is 2.29. The molecule has 0 unspecified atom stereocenters. The van der Waals surface area contributed by atoms with E-state index in [4.69, 9.17) is 11.1 Å². The van der Waals surface area contributed by atoms with Crippen LogP contribution in [0.5, 0.6) is 0 Å². The lowest BCUT2D eigenvalue weighted by Crippen LogP contribution is -2.14. The summed E-state index contributed by atoms with van der Waals surface area (Å²) in [6.45, 7) is 1.93. The van der Waals surface area contributed by atoms with Crippen molar-refractivity contribution < 1.29 is 0 Å². The van der Waals surface area contributed by atoms with Gasteiger partial charge in [-0.25, -0.2) is 4.98 Å². The molecule has 0 aliphatic carbocycles. The molecule has 0 fully saturated rings. The Bertz CT molecular complexity index is 539. The minimum absolute atomic E-state index is 0.0483. The van der Waals surface area contributed by atoms with Crippen LogP contribution in [0.2, 0.25) is 0 Å². The number of hydrogen-bond donors (Lipinski definition) is 2. The van der Waals surface area contributed by atoms with Crippen LogP contribution in [0.4, 0.5) is 0 Å². The van der Waals surface area contributed by atoms with E-state index in [1.165, 1.54) is 11.8 Å². The SMILES string of the molecule is Cc1ccnc(Sc2ccncc2)c1C(=N)N. The van der Waals surface area contributed by atoms with Crippen molar-refractivity contribution in [1.29, 1.82) is 5.41 Å². The molecule has 0 spiro atoms. The van der Waals surface area contributed by atoms with E-state index in [0.29, 0.717) is 5.56 Å². The molecule has 0 aromatic carbocycles. The maximum Gasteiger partial charge on any atom is 0.125 e. The van der Waals surface area contributed by atoms with Crippen molar-refractivity contribution in [2.75, 3.05) is 0 Å². The number of nitrogens with zero attached hydrogens (tertiary/aromatic N) is 2. The van der Waals surface area contributed by atoms with E-state index in [0.717, 1.165) is 15.5 Å². The number of rotatable bonds is 3. The summed E-state index contributed by atoms with van der Waals surface area (Å²) in [7, 11) is 0. The summed E-state index contributed by atoms with van der Waals surface area (Å²) in [4.78, 5) is 9.27. The van der Waals surface area contributed by atoms with Crippen LogP contribution in [0.25, 0.3) is 0 Å². The van der Waals surface area contributed by atoms with Gasteiger partial charge < -0.3 is 5.73 Å². The van der Waals surface area contributed by atoms with E-state index in [1.54, 1.807) is 18.6 Å². The maximum absolute atomic E-state index is 7.59. The number of pyridine rings is 2. The van der Waals surface area contributed by atoms with Gasteiger partial charge in [0.2, 0.25) is 0 Å². The van der Waals surface area contributed by atoms with Crippen LogP contribution in [0, 0.1) is 12.3 Å². The second-order valence-electron chi connectivity index (χ2n) is 3.51. The lowest BCUT2D eigenvalue weighted by molar-refractivity contribution is 1.08. The second-order valence-corrected chi connectivity index (χ2v) is 4.57. The molecule has 2 aromatic rings. The minimum atomic E-state index is 0.0483. The molecule has 3 N–H and O–H groups in total. The van der Waals surface area contributed by atoms with Crippen molar-refractivity contribution >= 4 is 17.6 Å². The molecule has 0 saturated heterocycles. The topological polar surface area (TPSA) is 75.7 Å². The van der Waals surface area contributed by atoms with Gasteiger partial charge in [-0.05, 0) is 30.7 Å². The van der Waals surface area contributed by atoms with Gasteiger partial charge in [-0.15, -0.1) is 0 Å². The fourth-order valence-electron chi connectivity index (χ4n) is 1.46. The number of aromatic nitrogens is 2. The van der Waals surface area contributed by atoms with Crippen molar-refractivity contribution in [3.63, 3.8) is 0 Å². The minimum Gasteiger partial charge on any atom is -0.384 e. The average Bonchev–Trinajstić information content (AvgIpc) is 2.30. The number of nitrogens with one attached hydrogen (secondary N) is 1. The fraction of sp³-hybridized carbons (Fsp3) is 0.0833. The molecule has 0 aliphatic heterocycles. The first-order valence-electron chi connectivity index (χ1n) is 5.06. The Morgan fingerprint density at radius 2 is 1.94 bits per heavy atom. The number of amidine groups is 1. The van der Waals surface area contributed by atoms with Gasteiger partial charge in [0.15, 0.2) is 0 Å². The molecule has 2 heterocycles. The normalized spacial score (nSPS) is 10.2. The van der Waals surface area contributed by atoms with Gasteiger partial charge >= 0.3 is 0 Å². The molecule has 2 rings (SSSR count). The molecular weight excluding hydrogens is 232 g/mol. The number of nitrogens with two attached hydrogens (primary N) is 1. The molecule has 0 bridgehead atoms. The number of aryl methyl sites for hydroxylation is 1. The summed E-state index contributed by atoms with van der Waals surface area (Å²) in [5.74, 6) is 0.0483. The van der Waals surface area contributed by atoms with Crippen LogP contribution < -0.4 is 5.73 Å². The van der Waals surface area contributed by atoms with E-state index in [-0.39, 0.29) is 5.84 Å². The van der Waals surface area contributed by atoms with Crippen molar-refractivity contribution in [3.8, 4) is 0 Å². The standard InChI is InChI=1S/C12H12N4S/c1-8-2-7-16-12(10(8)11(13)14)17-9-3-5-15-6-4-9/h2-7H,1H3,(H3,13,14). The molecule has 5 heteroatoms. The molecule has 0 atom stereocenters. The van der Waals surface area contributed by atoms with Crippen LogP contribution in [0.1, 0.15) is 11.1 Å². The predicted molar refractivity (Wildman–Crippen MR) is 68.4 cm³/mol. The third-order valence-electron chi connectivity index (χ3n) is 2.26. The lowest BCUT2D eigenvalue weighted by atomic mass is 10.1. The van der Waals surface area contributed by atoms with Gasteiger partial charge in [0.1, 0.15) is 10.9 Å². The second kappa shape index (κ2) is 4.97.